The molecule has 5 rings (SSSR count). The third kappa shape index (κ3) is 5.04. The van der Waals surface area contributed by atoms with Crippen LogP contribution in [0.5, 0.6) is 11.5 Å². The first-order chi connectivity index (χ1) is 20.0. The van der Waals surface area contributed by atoms with E-state index in [1.807, 2.05) is 0 Å². The number of hydrogen-bond donors (Lipinski definition) is 5. The zero-order chi connectivity index (χ0) is 31.8. The fourth-order valence-electron chi connectivity index (χ4n) is 7.08. The van der Waals surface area contributed by atoms with Crippen molar-refractivity contribution in [2.24, 2.45) is 23.5 Å². The second-order valence-corrected chi connectivity index (χ2v) is 12.1. The zero-order valence-corrected chi connectivity index (χ0v) is 23.9. The number of nitrogens with two attached hydrogens (primary N) is 1. The number of fused-ring (bicyclic) bond motifs is 3. The molecule has 234 valence electrons. The molecule has 4 aliphatic carbocycles. The number of halogens is 3. The number of carbonyl (C=O) groups excluding carboxylic acids is 3. The monoisotopic (exact) mass is 609 g/mol. The van der Waals surface area contributed by atoms with E-state index in [1.54, 1.807) is 0 Å². The first-order valence-electron chi connectivity index (χ1n) is 13.9. The highest BCUT2D eigenvalue weighted by atomic mass is 19.4. The Bertz CT molecular complexity index is 1470. The van der Waals surface area contributed by atoms with Crippen LogP contribution in [0.1, 0.15) is 40.7 Å². The summed E-state index contributed by atoms with van der Waals surface area (Å²) in [5, 5.41) is 45.0. The Morgan fingerprint density at radius 1 is 1.19 bits per heavy atom. The van der Waals surface area contributed by atoms with E-state index in [9.17, 15) is 48.0 Å². The highest BCUT2D eigenvalue weighted by Crippen LogP contribution is 2.53. The molecule has 43 heavy (non-hydrogen) atoms. The quantitative estimate of drug-likeness (QED) is 0.274. The molecule has 0 aliphatic heterocycles. The van der Waals surface area contributed by atoms with E-state index < -0.39 is 76.5 Å². The van der Waals surface area contributed by atoms with Crippen LogP contribution >= 0.6 is 0 Å². The molecule has 0 bridgehead atoms. The minimum absolute atomic E-state index is 0.0407. The smallest absolute Gasteiger partial charge is 0.401 e. The van der Waals surface area contributed by atoms with Crippen molar-refractivity contribution in [1.29, 1.82) is 0 Å². The largest absolute Gasteiger partial charge is 0.510 e. The van der Waals surface area contributed by atoms with Crippen LogP contribution in [-0.2, 0) is 22.6 Å². The predicted molar refractivity (Wildman–Crippen MR) is 144 cm³/mol. The summed E-state index contributed by atoms with van der Waals surface area (Å²) in [4.78, 5) is 42.0. The molecule has 0 radical (unpaired) electrons. The molecule has 0 spiro atoms. The van der Waals surface area contributed by atoms with Gasteiger partial charge in [0, 0.05) is 35.7 Å². The van der Waals surface area contributed by atoms with Crippen molar-refractivity contribution in [3.63, 3.8) is 0 Å². The molecular formula is C29H34F3N3O8. The SMILES string of the molecule is COc1c(CN(CC2CC2)CC(F)(F)F)cc(O)c2c1C[C@H]1C[C@H]3[C@H](N(C)C)C(O)=C(C(N)=O)C(=O)[C@@]3(O)C(O)=C1C2=O. The van der Waals surface area contributed by atoms with Crippen LogP contribution in [0.25, 0.3) is 0 Å². The number of primary amides is 1. The maximum atomic E-state index is 13.9. The topological polar surface area (TPSA) is 174 Å². The fraction of sp³-hybridized carbons (Fsp3) is 0.552. The maximum absolute atomic E-state index is 13.9. The molecule has 4 aliphatic rings. The van der Waals surface area contributed by atoms with E-state index in [0.717, 1.165) is 18.9 Å². The van der Waals surface area contributed by atoms with Gasteiger partial charge in [-0.15, -0.1) is 0 Å². The van der Waals surface area contributed by atoms with E-state index in [2.05, 4.69) is 0 Å². The second-order valence-electron chi connectivity index (χ2n) is 12.1. The van der Waals surface area contributed by atoms with Gasteiger partial charge < -0.3 is 30.9 Å². The Morgan fingerprint density at radius 3 is 2.37 bits per heavy atom. The number of aliphatic hydroxyl groups is 3. The Morgan fingerprint density at radius 2 is 1.84 bits per heavy atom. The lowest BCUT2D eigenvalue weighted by atomic mass is 9.58. The van der Waals surface area contributed by atoms with Gasteiger partial charge in [0.15, 0.2) is 11.4 Å². The summed E-state index contributed by atoms with van der Waals surface area (Å²) >= 11 is 0. The minimum atomic E-state index is -4.46. The van der Waals surface area contributed by atoms with Crippen molar-refractivity contribution in [1.82, 2.24) is 9.80 Å². The third-order valence-corrected chi connectivity index (χ3v) is 8.96. The van der Waals surface area contributed by atoms with Crippen LogP contribution in [0, 0.1) is 17.8 Å². The summed E-state index contributed by atoms with van der Waals surface area (Å²) in [6.07, 6.45) is -2.97. The predicted octanol–water partition coefficient (Wildman–Crippen LogP) is 1.90. The lowest BCUT2D eigenvalue weighted by Crippen LogP contribution is -2.63. The number of hydrogen-bond acceptors (Lipinski definition) is 10. The van der Waals surface area contributed by atoms with Crippen molar-refractivity contribution in [2.75, 3.05) is 34.3 Å². The van der Waals surface area contributed by atoms with Crippen LogP contribution in [-0.4, -0.2) is 99.8 Å². The number of methoxy groups -OCH3 is 1. The number of carbonyl (C=O) groups is 3. The number of alkyl halides is 3. The number of phenolic OH excluding ortho intramolecular Hbond substituents is 1. The van der Waals surface area contributed by atoms with Crippen LogP contribution in [0.15, 0.2) is 28.7 Å². The van der Waals surface area contributed by atoms with Crippen molar-refractivity contribution in [3.8, 4) is 11.5 Å². The number of allylic oxidation sites excluding steroid dienone is 1. The highest BCUT2D eigenvalue weighted by Gasteiger charge is 2.63. The average molecular weight is 610 g/mol. The van der Waals surface area contributed by atoms with Crippen molar-refractivity contribution >= 4 is 17.5 Å². The van der Waals surface area contributed by atoms with E-state index >= 15 is 0 Å². The van der Waals surface area contributed by atoms with Gasteiger partial charge >= 0.3 is 6.18 Å². The number of rotatable bonds is 8. The number of ketones is 2. The summed E-state index contributed by atoms with van der Waals surface area (Å²) in [6, 6.07) is 0.00888. The number of Topliss-reactive ketones (excluding diaryl/α,β-unsaturated/α-hetero) is 2. The minimum Gasteiger partial charge on any atom is -0.510 e. The van der Waals surface area contributed by atoms with E-state index in [-0.39, 0.29) is 59.9 Å². The molecular weight excluding hydrogens is 575 g/mol. The van der Waals surface area contributed by atoms with Gasteiger partial charge in [-0.3, -0.25) is 24.2 Å². The molecule has 1 fully saturated rings. The first-order valence-corrected chi connectivity index (χ1v) is 13.9. The molecule has 1 aromatic carbocycles. The first kappa shape index (κ1) is 30.8. The van der Waals surface area contributed by atoms with Gasteiger partial charge in [-0.05, 0) is 57.7 Å². The average Bonchev–Trinajstić information content (AvgIpc) is 3.68. The Kier molecular flexibility index (Phi) is 7.55. The molecule has 1 amide bonds. The molecule has 1 saturated carbocycles. The third-order valence-electron chi connectivity index (χ3n) is 8.96. The molecule has 6 N–H and O–H groups in total. The number of benzene rings is 1. The van der Waals surface area contributed by atoms with Crippen molar-refractivity contribution < 1.29 is 52.7 Å². The lowest BCUT2D eigenvalue weighted by Gasteiger charge is -2.50. The van der Waals surface area contributed by atoms with Gasteiger partial charge in [0.05, 0.1) is 25.3 Å². The number of phenols is 1. The summed E-state index contributed by atoms with van der Waals surface area (Å²) in [5.41, 5.74) is 1.51. The number of aromatic hydroxyl groups is 1. The Balaban J connectivity index is 1.61. The van der Waals surface area contributed by atoms with Gasteiger partial charge in [-0.25, -0.2) is 0 Å². The lowest BCUT2D eigenvalue weighted by molar-refractivity contribution is -0.149. The van der Waals surface area contributed by atoms with E-state index in [4.69, 9.17) is 10.5 Å². The van der Waals surface area contributed by atoms with Crippen LogP contribution in [0.2, 0.25) is 0 Å². The molecule has 11 nitrogen and oxygen atoms in total. The molecule has 0 heterocycles. The molecule has 0 aromatic heterocycles. The number of ether oxygens (including phenoxy) is 1. The van der Waals surface area contributed by atoms with Crippen molar-refractivity contribution in [3.05, 3.63) is 45.4 Å². The molecule has 0 unspecified atom stereocenters. The maximum Gasteiger partial charge on any atom is 0.401 e. The molecule has 1 aromatic rings. The fourth-order valence-corrected chi connectivity index (χ4v) is 7.08. The van der Waals surface area contributed by atoms with Gasteiger partial charge in [0.2, 0.25) is 5.78 Å². The van der Waals surface area contributed by atoms with E-state index in [0.29, 0.717) is 0 Å². The standard InChI is InChI=1S/C29H34F3N3O8/c1-34(2)21-16-7-13-6-15-19(22(37)18(13)25(39)29(16,42)26(40)20(23(21)38)27(33)41)17(36)8-14(24(15)43-3)10-35(9-12-4-5-12)11-28(30,31)32/h8,12-13,16,21,36,38-39,42H,4-7,9-11H2,1-3H3,(H2,33,41)/t13-,16-,21-,29-/m0/s1. The number of nitrogens with zero attached hydrogens (tertiary/aromatic N) is 2. The summed E-state index contributed by atoms with van der Waals surface area (Å²) in [5.74, 6) is -7.61. The Labute approximate surface area is 245 Å². The number of amides is 1. The van der Waals surface area contributed by atoms with Crippen LogP contribution in [0.4, 0.5) is 13.2 Å². The van der Waals surface area contributed by atoms with Gasteiger partial charge in [-0.1, -0.05) is 0 Å². The number of aliphatic hydroxyl groups excluding tert-OH is 2. The summed E-state index contributed by atoms with van der Waals surface area (Å²) in [7, 11) is 4.35. The Hall–Kier alpha value is -3.62. The van der Waals surface area contributed by atoms with Gasteiger partial charge in [0.25, 0.3) is 5.91 Å². The summed E-state index contributed by atoms with van der Waals surface area (Å²) in [6.45, 7) is -1.17. The second kappa shape index (κ2) is 10.5. The van der Waals surface area contributed by atoms with Crippen LogP contribution < -0.4 is 10.5 Å². The summed E-state index contributed by atoms with van der Waals surface area (Å²) < 4.78 is 45.7. The van der Waals surface area contributed by atoms with Gasteiger partial charge in [0.1, 0.15) is 28.6 Å². The highest BCUT2D eigenvalue weighted by molar-refractivity contribution is 6.24. The molecule has 0 saturated heterocycles. The molecule has 4 atom stereocenters. The normalized spacial score (nSPS) is 27.4. The van der Waals surface area contributed by atoms with E-state index in [1.165, 1.54) is 31.0 Å². The van der Waals surface area contributed by atoms with Crippen LogP contribution in [0.3, 0.4) is 0 Å². The number of likely N-dealkylation sites (N-methyl/N-ethyl adjacent to an activating group) is 1. The molecule has 14 heteroatoms. The zero-order valence-electron chi connectivity index (χ0n) is 23.9. The van der Waals surface area contributed by atoms with Gasteiger partial charge in [-0.2, -0.15) is 13.2 Å². The van der Waals surface area contributed by atoms with Crippen molar-refractivity contribution in [2.45, 2.75) is 50.0 Å².